The fraction of sp³-hybridized carbons (Fsp3) is 0.467. The van der Waals surface area contributed by atoms with E-state index in [1.807, 2.05) is 0 Å². The Morgan fingerprint density at radius 3 is 2.02 bits per heavy atom. The Morgan fingerprint density at radius 1 is 0.885 bits per heavy atom. The van der Waals surface area contributed by atoms with Crippen LogP contribution in [0.5, 0.6) is 0 Å². The molecule has 1 saturated heterocycles. The van der Waals surface area contributed by atoms with Crippen LogP contribution in [0.2, 0.25) is 0 Å². The van der Waals surface area contributed by atoms with E-state index < -0.39 is 101 Å². The number of amides is 1. The Bertz CT molecular complexity index is 2110. The summed E-state index contributed by atoms with van der Waals surface area (Å²) < 4.78 is 24.4. The molecule has 2 saturated carbocycles. The fourth-order valence-electron chi connectivity index (χ4n) is 9.83. The van der Waals surface area contributed by atoms with Crippen LogP contribution in [-0.4, -0.2) is 111 Å². The van der Waals surface area contributed by atoms with Gasteiger partial charge in [-0.3, -0.25) is 9.59 Å². The maximum atomic E-state index is 14.9. The summed E-state index contributed by atoms with van der Waals surface area (Å²) in [5.74, 6) is -4.60. The van der Waals surface area contributed by atoms with E-state index >= 15 is 0 Å². The number of aliphatic hydroxyl groups excluding tert-OH is 2. The number of aliphatic hydroxyl groups is 4. The van der Waals surface area contributed by atoms with Crippen molar-refractivity contribution in [1.29, 1.82) is 0 Å². The Kier molecular flexibility index (Phi) is 16.5. The molecule has 3 aliphatic carbocycles. The first-order chi connectivity index (χ1) is 28.0. The van der Waals surface area contributed by atoms with Gasteiger partial charge in [0.2, 0.25) is 0 Å². The molecule has 11 atom stereocenters. The number of benzene rings is 3. The van der Waals surface area contributed by atoms with Crippen molar-refractivity contribution in [1.82, 2.24) is 5.32 Å². The van der Waals surface area contributed by atoms with Gasteiger partial charge in [-0.25, -0.2) is 9.59 Å². The second-order valence-electron chi connectivity index (χ2n) is 16.8. The summed E-state index contributed by atoms with van der Waals surface area (Å²) in [6.45, 7) is 5.89. The van der Waals surface area contributed by atoms with Gasteiger partial charge >= 0.3 is 11.9 Å². The molecule has 7 rings (SSSR count). The van der Waals surface area contributed by atoms with Gasteiger partial charge in [-0.05, 0) is 61.1 Å². The average Bonchev–Trinajstić information content (AvgIpc) is 3.23. The Labute approximate surface area is 431 Å². The van der Waals surface area contributed by atoms with Crippen molar-refractivity contribution < 1.29 is 147 Å². The van der Waals surface area contributed by atoms with E-state index in [1.165, 1.54) is 30.8 Å². The third-order valence-electron chi connectivity index (χ3n) is 13.3. The van der Waals surface area contributed by atoms with Crippen LogP contribution in [0.15, 0.2) is 102 Å². The zero-order valence-corrected chi connectivity index (χ0v) is 45.0. The molecule has 2 bridgehead atoms. The van der Waals surface area contributed by atoms with Gasteiger partial charge in [0.1, 0.15) is 29.5 Å². The van der Waals surface area contributed by atoms with E-state index in [0.29, 0.717) is 11.1 Å². The average molecular weight is 1280 g/mol. The number of fused-ring (bicyclic) bond motifs is 5. The van der Waals surface area contributed by atoms with Crippen molar-refractivity contribution in [3.63, 3.8) is 0 Å². The number of thioether (sulfide) groups is 1. The van der Waals surface area contributed by atoms with E-state index in [4.69, 9.17) is 18.9 Å². The number of ketones is 1. The SMILES string of the molecule is CSCOC(C(=O)OC1CC2(O)C(OC(=O)c3ccccc3)C3[C@]4(O)COC4CC(O)[C@@]3(C)C(=O)C(O)C(=C1C)C2(C)C)C(NC(=O)c1ccccc1)c1ccccc1.[Ac].[Ac]. The number of ether oxygens (including phenoxy) is 4. The molecule has 16 heteroatoms. The van der Waals surface area contributed by atoms with Crippen LogP contribution in [0.3, 0.4) is 0 Å². The summed E-state index contributed by atoms with van der Waals surface area (Å²) in [5.41, 5.74) is -6.39. The topological polar surface area (TPSA) is 198 Å². The van der Waals surface area contributed by atoms with Gasteiger partial charge in [0.15, 0.2) is 11.9 Å². The van der Waals surface area contributed by atoms with Crippen LogP contribution in [-0.2, 0) is 28.5 Å². The molecule has 2 radical (unpaired) electrons. The minimum atomic E-state index is -2.27. The number of nitrogens with one attached hydrogen (secondary N) is 1. The predicted octanol–water partition coefficient (Wildman–Crippen LogP) is 3.94. The number of hydrogen-bond acceptors (Lipinski definition) is 13. The number of rotatable bonds is 11. The number of carbonyl (C=O) groups excluding carboxylic acids is 4. The molecule has 4 aliphatic rings. The van der Waals surface area contributed by atoms with Crippen LogP contribution in [0, 0.1) is 105 Å². The molecule has 1 heterocycles. The van der Waals surface area contributed by atoms with Crippen LogP contribution in [0.1, 0.15) is 72.9 Å². The number of esters is 2. The Morgan fingerprint density at radius 2 is 1.46 bits per heavy atom. The van der Waals surface area contributed by atoms with Crippen LogP contribution < -0.4 is 5.32 Å². The molecule has 1 amide bonds. The molecule has 3 fully saturated rings. The zero-order chi connectivity index (χ0) is 42.5. The second kappa shape index (κ2) is 19.9. The first-order valence-corrected chi connectivity index (χ1v) is 21.1. The summed E-state index contributed by atoms with van der Waals surface area (Å²) in [6, 6.07) is 24.2. The molecule has 5 N–H and O–H groups in total. The van der Waals surface area contributed by atoms with Crippen molar-refractivity contribution in [2.45, 2.75) is 94.4 Å². The van der Waals surface area contributed by atoms with Crippen molar-refractivity contribution >= 4 is 35.4 Å². The molecular weight excluding hydrogens is 1230 g/mol. The Balaban J connectivity index is 0.00000352. The third-order valence-corrected chi connectivity index (χ3v) is 13.6. The molecule has 1 aliphatic heterocycles. The molecule has 0 spiro atoms. The fourth-order valence-corrected chi connectivity index (χ4v) is 10.1. The molecular formula is C45H51Ac2NO12S. The quantitative estimate of drug-likeness (QED) is 0.105. The standard InChI is InChI=1S/C45H51NO12S.2Ac/c1-25-29(57-41(52)35(56-24-59-5)33(26-15-9-6-10-16-26)46-39(50)27-17-11-7-12-18-27)22-45(54)38(58-40(51)28-19-13-8-14-20-28)36-43(4,30(47)21-31-44(36,53)23-55-31)37(49)34(48)32(25)42(45,2)3;;/h6-20,29-31,33-36,38,47-48,53-54H,21-24H2,1-5H3,(H,46,50);;/t29?,30?,31?,33?,34?,35?,36?,38?,43-,44+,45?;;/m1../s1. The number of carbonyl (C=O) groups is 4. The number of Topliss-reactive ketones (excluding diaryl/α,β-unsaturated/α-hetero) is 1. The van der Waals surface area contributed by atoms with Gasteiger partial charge < -0.3 is 44.7 Å². The van der Waals surface area contributed by atoms with Crippen molar-refractivity contribution in [2.24, 2.45) is 16.7 Å². The van der Waals surface area contributed by atoms with Gasteiger partial charge in [-0.1, -0.05) is 80.6 Å². The van der Waals surface area contributed by atoms with E-state index in [0.717, 1.165) is 0 Å². The summed E-state index contributed by atoms with van der Waals surface area (Å²) >= 11 is 1.29. The smallest absolute Gasteiger partial charge is 0.338 e. The second-order valence-corrected chi connectivity index (χ2v) is 17.6. The van der Waals surface area contributed by atoms with E-state index in [9.17, 15) is 39.6 Å². The summed E-state index contributed by atoms with van der Waals surface area (Å²) in [7, 11) is 0. The molecule has 9 unspecified atom stereocenters. The van der Waals surface area contributed by atoms with Crippen molar-refractivity contribution in [3.8, 4) is 0 Å². The first kappa shape index (κ1) is 50.5. The monoisotopic (exact) mass is 1280 g/mol. The third kappa shape index (κ3) is 8.93. The van der Waals surface area contributed by atoms with Gasteiger partial charge in [-0.2, -0.15) is 0 Å². The van der Waals surface area contributed by atoms with Crippen LogP contribution in [0.4, 0.5) is 0 Å². The molecule has 13 nitrogen and oxygen atoms in total. The normalized spacial score (nSPS) is 32.0. The van der Waals surface area contributed by atoms with Crippen LogP contribution >= 0.6 is 11.8 Å². The van der Waals surface area contributed by atoms with Crippen molar-refractivity contribution in [2.75, 3.05) is 18.8 Å². The van der Waals surface area contributed by atoms with E-state index in [-0.39, 0.29) is 124 Å². The predicted molar refractivity (Wildman–Crippen MR) is 216 cm³/mol. The van der Waals surface area contributed by atoms with Gasteiger partial charge in [0.05, 0.1) is 41.8 Å². The minimum absolute atomic E-state index is 0. The molecule has 3 aromatic carbocycles. The van der Waals surface area contributed by atoms with Gasteiger partial charge in [0.25, 0.3) is 5.91 Å². The molecule has 0 aromatic heterocycles. The summed E-state index contributed by atoms with van der Waals surface area (Å²) in [5, 5.41) is 52.7. The minimum Gasteiger partial charge on any atom is -0.456 e. The maximum Gasteiger partial charge on any atom is 0.338 e. The summed E-state index contributed by atoms with van der Waals surface area (Å²) in [4.78, 5) is 57.2. The van der Waals surface area contributed by atoms with Crippen LogP contribution in [0.25, 0.3) is 0 Å². The van der Waals surface area contributed by atoms with E-state index in [1.54, 1.807) is 106 Å². The number of hydrogen-bond donors (Lipinski definition) is 5. The summed E-state index contributed by atoms with van der Waals surface area (Å²) in [6.07, 6.45) is -7.72. The van der Waals surface area contributed by atoms with Gasteiger partial charge in [-0.15, -0.1) is 11.8 Å². The van der Waals surface area contributed by atoms with Crippen molar-refractivity contribution in [3.05, 3.63) is 119 Å². The first-order valence-electron chi connectivity index (χ1n) is 19.7. The molecule has 320 valence electrons. The molecule has 3 aromatic rings. The zero-order valence-electron chi connectivity index (χ0n) is 34.7. The van der Waals surface area contributed by atoms with Gasteiger partial charge in [0, 0.05) is 118 Å². The maximum absolute atomic E-state index is 14.9. The largest absolute Gasteiger partial charge is 0.456 e. The Hall–Kier alpha value is -1.53. The molecule has 61 heavy (non-hydrogen) atoms. The van der Waals surface area contributed by atoms with E-state index in [2.05, 4.69) is 5.32 Å².